The van der Waals surface area contributed by atoms with Crippen LogP contribution in [0.15, 0.2) is 30.3 Å². The Kier molecular flexibility index (Phi) is 6.16. The zero-order valence-electron chi connectivity index (χ0n) is 9.15. The van der Waals surface area contributed by atoms with E-state index in [2.05, 4.69) is 36.2 Å². The Morgan fingerprint density at radius 3 is 2.60 bits per heavy atom. The quantitative estimate of drug-likeness (QED) is 0.571. The predicted octanol–water partition coefficient (Wildman–Crippen LogP) is 3.49. The van der Waals surface area contributed by atoms with E-state index in [1.807, 2.05) is 6.07 Å². The van der Waals surface area contributed by atoms with Crippen molar-refractivity contribution in [3.8, 4) is 4.97 Å². The molecule has 1 rings (SSSR count). The zero-order chi connectivity index (χ0) is 10.9. The van der Waals surface area contributed by atoms with Crippen LogP contribution in [0.5, 0.6) is 0 Å². The number of hydrogen-bond acceptors (Lipinski definition) is 1. The van der Waals surface area contributed by atoms with Gasteiger partial charge in [-0.05, 0) is 0 Å². The van der Waals surface area contributed by atoms with E-state index in [4.69, 9.17) is 5.26 Å². The summed E-state index contributed by atoms with van der Waals surface area (Å²) in [5.74, 6) is 0. The molecule has 0 aliphatic carbocycles. The monoisotopic (exact) mass is 267 g/mol. The third-order valence-electron chi connectivity index (χ3n) is 2.44. The number of benzene rings is 1. The molecule has 2 heteroatoms. The van der Waals surface area contributed by atoms with Crippen molar-refractivity contribution < 1.29 is 0 Å². The maximum atomic E-state index is 8.83. The molecule has 1 unspecified atom stereocenters. The minimum absolute atomic E-state index is 0.0924. The van der Waals surface area contributed by atoms with E-state index >= 15 is 0 Å². The van der Waals surface area contributed by atoms with Crippen LogP contribution in [0.25, 0.3) is 0 Å². The van der Waals surface area contributed by atoms with Gasteiger partial charge in [-0.3, -0.25) is 0 Å². The Morgan fingerprint density at radius 1 is 1.27 bits per heavy atom. The topological polar surface area (TPSA) is 23.8 Å². The molecule has 1 atom stereocenters. The Labute approximate surface area is 98.7 Å². The average Bonchev–Trinajstić information content (AvgIpc) is 2.29. The molecule has 80 valence electrons. The van der Waals surface area contributed by atoms with Gasteiger partial charge in [0.05, 0.1) is 0 Å². The van der Waals surface area contributed by atoms with Gasteiger partial charge in [0.1, 0.15) is 0 Å². The molecule has 0 aliphatic rings. The van der Waals surface area contributed by atoms with Crippen molar-refractivity contribution in [2.24, 2.45) is 0 Å². The van der Waals surface area contributed by atoms with E-state index in [-0.39, 0.29) is 15.0 Å². The zero-order valence-corrected chi connectivity index (χ0v) is 10.9. The Morgan fingerprint density at radius 2 is 2.00 bits per heavy atom. The van der Waals surface area contributed by atoms with Gasteiger partial charge >= 0.3 is 98.5 Å². The molecule has 0 fully saturated rings. The molecule has 0 N–H and O–H groups in total. The molecule has 0 amide bonds. The Hall–Kier alpha value is -0.771. The standard InChI is InChI=1S/C13H17NSe/c1-2-3-5-10-13(15-11-14)12-8-6-4-7-9-12/h4,6-9,13H,2-3,5,10H2,1H3. The summed E-state index contributed by atoms with van der Waals surface area (Å²) in [6, 6.07) is 10.5. The summed E-state index contributed by atoms with van der Waals surface area (Å²) in [4.78, 5) is 2.85. The first-order valence-electron chi connectivity index (χ1n) is 5.48. The summed E-state index contributed by atoms with van der Waals surface area (Å²) >= 11 is 0.0924. The second-order valence-corrected chi connectivity index (χ2v) is 5.68. The van der Waals surface area contributed by atoms with Gasteiger partial charge < -0.3 is 0 Å². The van der Waals surface area contributed by atoms with Crippen molar-refractivity contribution in [3.05, 3.63) is 35.9 Å². The van der Waals surface area contributed by atoms with Crippen molar-refractivity contribution >= 4 is 15.0 Å². The van der Waals surface area contributed by atoms with E-state index in [0.717, 1.165) is 0 Å². The van der Waals surface area contributed by atoms with Gasteiger partial charge in [0.25, 0.3) is 0 Å². The minimum atomic E-state index is 0.0924. The van der Waals surface area contributed by atoms with Crippen LogP contribution in [-0.4, -0.2) is 15.0 Å². The number of nitrogens with zero attached hydrogens (tertiary/aromatic N) is 1. The first kappa shape index (κ1) is 12.3. The van der Waals surface area contributed by atoms with E-state index in [1.54, 1.807) is 0 Å². The predicted molar refractivity (Wildman–Crippen MR) is 64.7 cm³/mol. The van der Waals surface area contributed by atoms with E-state index < -0.39 is 0 Å². The van der Waals surface area contributed by atoms with Gasteiger partial charge in [0, 0.05) is 0 Å². The maximum absolute atomic E-state index is 8.83. The van der Waals surface area contributed by atoms with Crippen LogP contribution >= 0.6 is 0 Å². The number of unbranched alkanes of at least 4 members (excludes halogenated alkanes) is 2. The average molecular weight is 266 g/mol. The summed E-state index contributed by atoms with van der Waals surface area (Å²) in [5, 5.41) is 8.83. The molecule has 1 nitrogen and oxygen atoms in total. The van der Waals surface area contributed by atoms with Gasteiger partial charge in [-0.25, -0.2) is 0 Å². The van der Waals surface area contributed by atoms with Crippen LogP contribution in [0.3, 0.4) is 0 Å². The number of hydrogen-bond donors (Lipinski definition) is 0. The molecule has 0 saturated heterocycles. The molecule has 1 aromatic carbocycles. The second kappa shape index (κ2) is 7.51. The molecular formula is C13H17NSe. The summed E-state index contributed by atoms with van der Waals surface area (Å²) in [6.45, 7) is 2.22. The number of rotatable bonds is 6. The third kappa shape index (κ3) is 4.51. The first-order valence-corrected chi connectivity index (χ1v) is 7.32. The van der Waals surface area contributed by atoms with Gasteiger partial charge in [-0.2, -0.15) is 0 Å². The SMILES string of the molecule is CCCCCC([Se]C#N)c1ccccc1. The Balaban J connectivity index is 2.55. The molecule has 0 bridgehead atoms. The number of nitriles is 1. The van der Waals surface area contributed by atoms with Gasteiger partial charge in [-0.15, -0.1) is 0 Å². The van der Waals surface area contributed by atoms with Gasteiger partial charge in [0.15, 0.2) is 0 Å². The van der Waals surface area contributed by atoms with Crippen LogP contribution in [0, 0.1) is 10.2 Å². The molecule has 0 heterocycles. The summed E-state index contributed by atoms with van der Waals surface area (Å²) in [7, 11) is 0. The molecule has 0 spiro atoms. The second-order valence-electron chi connectivity index (χ2n) is 3.60. The van der Waals surface area contributed by atoms with Crippen molar-refractivity contribution in [2.75, 3.05) is 0 Å². The van der Waals surface area contributed by atoms with Crippen LogP contribution in [0.2, 0.25) is 0 Å². The van der Waals surface area contributed by atoms with E-state index in [1.165, 1.54) is 31.2 Å². The van der Waals surface area contributed by atoms with Gasteiger partial charge in [-0.1, -0.05) is 0 Å². The normalized spacial score (nSPS) is 12.0. The molecule has 0 radical (unpaired) electrons. The van der Waals surface area contributed by atoms with Crippen molar-refractivity contribution in [3.63, 3.8) is 0 Å². The Bertz CT molecular complexity index is 302. The third-order valence-corrected chi connectivity index (χ3v) is 4.32. The fourth-order valence-electron chi connectivity index (χ4n) is 1.60. The molecule has 0 aromatic heterocycles. The molecule has 0 saturated carbocycles. The van der Waals surface area contributed by atoms with Crippen molar-refractivity contribution in [1.29, 1.82) is 5.26 Å². The molecule has 15 heavy (non-hydrogen) atoms. The first-order chi connectivity index (χ1) is 7.38. The van der Waals surface area contributed by atoms with Crippen LogP contribution in [0.4, 0.5) is 0 Å². The van der Waals surface area contributed by atoms with E-state index in [0.29, 0.717) is 4.82 Å². The van der Waals surface area contributed by atoms with Crippen molar-refractivity contribution in [2.45, 2.75) is 37.4 Å². The van der Waals surface area contributed by atoms with Crippen LogP contribution in [0.1, 0.15) is 43.0 Å². The van der Waals surface area contributed by atoms with Crippen LogP contribution in [-0.2, 0) is 0 Å². The summed E-state index contributed by atoms with van der Waals surface area (Å²) < 4.78 is 0. The molecule has 0 aliphatic heterocycles. The molecular weight excluding hydrogens is 249 g/mol. The summed E-state index contributed by atoms with van der Waals surface area (Å²) in [5.41, 5.74) is 1.34. The molecule has 1 aromatic rings. The van der Waals surface area contributed by atoms with Crippen LogP contribution < -0.4 is 0 Å². The fourth-order valence-corrected chi connectivity index (χ4v) is 3.08. The fraction of sp³-hybridized carbons (Fsp3) is 0.462. The summed E-state index contributed by atoms with van der Waals surface area (Å²) in [6.07, 6.45) is 4.96. The van der Waals surface area contributed by atoms with Gasteiger partial charge in [0.2, 0.25) is 0 Å². The van der Waals surface area contributed by atoms with E-state index in [9.17, 15) is 0 Å². The van der Waals surface area contributed by atoms with Crippen molar-refractivity contribution in [1.82, 2.24) is 0 Å².